The second-order valence-corrected chi connectivity index (χ2v) is 6.31. The summed E-state index contributed by atoms with van der Waals surface area (Å²) >= 11 is 0. The minimum absolute atomic E-state index is 0.275. The summed E-state index contributed by atoms with van der Waals surface area (Å²) in [5.41, 5.74) is 9.33. The zero-order valence-electron chi connectivity index (χ0n) is 12.7. The van der Waals surface area contributed by atoms with Crippen LogP contribution >= 0.6 is 0 Å². The Morgan fingerprint density at radius 2 is 2.05 bits per heavy atom. The lowest BCUT2D eigenvalue weighted by Gasteiger charge is -2.34. The van der Waals surface area contributed by atoms with Crippen LogP contribution in [0.4, 0.5) is 0 Å². The first-order valence-electron chi connectivity index (χ1n) is 7.59. The first-order valence-corrected chi connectivity index (χ1v) is 7.59. The highest BCUT2D eigenvalue weighted by molar-refractivity contribution is 5.53. The van der Waals surface area contributed by atoms with Gasteiger partial charge in [-0.1, -0.05) is 24.6 Å². The number of aromatic nitrogens is 1. The summed E-state index contributed by atoms with van der Waals surface area (Å²) < 4.78 is 5.62. The summed E-state index contributed by atoms with van der Waals surface area (Å²) in [7, 11) is 0. The molecule has 21 heavy (non-hydrogen) atoms. The van der Waals surface area contributed by atoms with E-state index in [0.717, 1.165) is 37.3 Å². The van der Waals surface area contributed by atoms with Gasteiger partial charge in [0.2, 0.25) is 5.89 Å². The molecule has 2 atom stereocenters. The van der Waals surface area contributed by atoms with Crippen LogP contribution in [0.2, 0.25) is 0 Å². The van der Waals surface area contributed by atoms with Gasteiger partial charge in [0.15, 0.2) is 0 Å². The number of hydrogen-bond acceptors (Lipinski definition) is 4. The predicted octanol–water partition coefficient (Wildman–Crippen LogP) is 2.82. The van der Waals surface area contributed by atoms with Gasteiger partial charge in [-0.05, 0) is 31.4 Å². The van der Waals surface area contributed by atoms with Crippen LogP contribution < -0.4 is 5.73 Å². The van der Waals surface area contributed by atoms with Gasteiger partial charge in [0.25, 0.3) is 0 Å². The van der Waals surface area contributed by atoms with E-state index in [1.807, 2.05) is 12.1 Å². The number of aryl methyl sites for hydroxylation is 1. The lowest BCUT2D eigenvalue weighted by molar-refractivity contribution is 0.157. The number of piperidine rings is 1. The van der Waals surface area contributed by atoms with Crippen molar-refractivity contribution in [1.29, 1.82) is 0 Å². The average Bonchev–Trinajstić information content (AvgIpc) is 2.87. The largest absolute Gasteiger partial charge is 0.444 e. The Balaban J connectivity index is 1.69. The van der Waals surface area contributed by atoms with Gasteiger partial charge in [-0.2, -0.15) is 0 Å². The fourth-order valence-corrected chi connectivity index (χ4v) is 3.08. The van der Waals surface area contributed by atoms with Gasteiger partial charge in [-0.15, -0.1) is 0 Å². The second kappa shape index (κ2) is 6.00. The average molecular weight is 285 g/mol. The van der Waals surface area contributed by atoms with Crippen molar-refractivity contribution in [2.24, 2.45) is 11.7 Å². The standard InChI is InChI=1S/C17H23N3O/c1-12-3-5-14(6-4-12)17-19-16(11-21-17)10-20-8-13(2)7-15(18)9-20/h3-6,11,13,15H,7-10,18H2,1-2H3. The molecule has 2 N–H and O–H groups in total. The zero-order valence-corrected chi connectivity index (χ0v) is 12.7. The van der Waals surface area contributed by atoms with Crippen LogP contribution in [0.5, 0.6) is 0 Å². The Kier molecular flexibility index (Phi) is 4.08. The molecule has 2 heterocycles. The molecule has 112 valence electrons. The molecule has 2 unspecified atom stereocenters. The van der Waals surface area contributed by atoms with Crippen molar-refractivity contribution in [2.75, 3.05) is 13.1 Å². The third-order valence-electron chi connectivity index (χ3n) is 4.00. The Hall–Kier alpha value is -1.65. The third kappa shape index (κ3) is 3.52. The van der Waals surface area contributed by atoms with E-state index in [1.165, 1.54) is 5.56 Å². The summed E-state index contributed by atoms with van der Waals surface area (Å²) in [5.74, 6) is 1.34. The van der Waals surface area contributed by atoms with Crippen molar-refractivity contribution in [3.63, 3.8) is 0 Å². The molecular weight excluding hydrogens is 262 g/mol. The van der Waals surface area contributed by atoms with Crippen LogP contribution in [0.1, 0.15) is 24.6 Å². The van der Waals surface area contributed by atoms with E-state index in [0.29, 0.717) is 11.8 Å². The van der Waals surface area contributed by atoms with Gasteiger partial charge in [-0.3, -0.25) is 4.90 Å². The Morgan fingerprint density at radius 1 is 1.29 bits per heavy atom. The van der Waals surface area contributed by atoms with Crippen LogP contribution in [0, 0.1) is 12.8 Å². The molecule has 0 amide bonds. The normalized spacial score (nSPS) is 23.4. The summed E-state index contributed by atoms with van der Waals surface area (Å²) in [6.07, 6.45) is 2.88. The smallest absolute Gasteiger partial charge is 0.226 e. The van der Waals surface area contributed by atoms with Crippen molar-refractivity contribution >= 4 is 0 Å². The van der Waals surface area contributed by atoms with Crippen molar-refractivity contribution in [3.05, 3.63) is 41.8 Å². The van der Waals surface area contributed by atoms with Gasteiger partial charge >= 0.3 is 0 Å². The molecule has 0 radical (unpaired) electrons. The number of rotatable bonds is 3. The minimum atomic E-state index is 0.275. The van der Waals surface area contributed by atoms with Gasteiger partial charge in [0, 0.05) is 31.2 Å². The Labute approximate surface area is 126 Å². The van der Waals surface area contributed by atoms with E-state index in [4.69, 9.17) is 10.2 Å². The molecule has 4 nitrogen and oxygen atoms in total. The molecule has 1 aliphatic heterocycles. The topological polar surface area (TPSA) is 55.3 Å². The quantitative estimate of drug-likeness (QED) is 0.942. The van der Waals surface area contributed by atoms with E-state index < -0.39 is 0 Å². The summed E-state index contributed by atoms with van der Waals surface area (Å²) in [4.78, 5) is 6.98. The Bertz CT molecular complexity index is 580. The van der Waals surface area contributed by atoms with E-state index >= 15 is 0 Å². The maximum atomic E-state index is 6.09. The molecule has 2 aromatic rings. The van der Waals surface area contributed by atoms with Crippen molar-refractivity contribution in [2.45, 2.75) is 32.9 Å². The van der Waals surface area contributed by atoms with Crippen molar-refractivity contribution in [1.82, 2.24) is 9.88 Å². The maximum Gasteiger partial charge on any atom is 0.226 e. The summed E-state index contributed by atoms with van der Waals surface area (Å²) in [6, 6.07) is 8.51. The summed E-state index contributed by atoms with van der Waals surface area (Å²) in [5, 5.41) is 0. The van der Waals surface area contributed by atoms with Crippen LogP contribution in [0.25, 0.3) is 11.5 Å². The minimum Gasteiger partial charge on any atom is -0.444 e. The van der Waals surface area contributed by atoms with Gasteiger partial charge < -0.3 is 10.2 Å². The first-order chi connectivity index (χ1) is 10.1. The van der Waals surface area contributed by atoms with Crippen molar-refractivity contribution < 1.29 is 4.42 Å². The maximum absolute atomic E-state index is 6.09. The molecule has 1 aromatic carbocycles. The monoisotopic (exact) mass is 285 g/mol. The Morgan fingerprint density at radius 3 is 2.76 bits per heavy atom. The predicted molar refractivity (Wildman–Crippen MR) is 83.7 cm³/mol. The summed E-state index contributed by atoms with van der Waals surface area (Å²) in [6.45, 7) is 7.17. The zero-order chi connectivity index (χ0) is 14.8. The number of nitrogens with two attached hydrogens (primary N) is 1. The molecule has 0 spiro atoms. The molecule has 3 rings (SSSR count). The van der Waals surface area contributed by atoms with Crippen LogP contribution in [-0.2, 0) is 6.54 Å². The lowest BCUT2D eigenvalue weighted by Crippen LogP contribution is -2.45. The molecule has 1 saturated heterocycles. The highest BCUT2D eigenvalue weighted by Crippen LogP contribution is 2.21. The van der Waals surface area contributed by atoms with E-state index in [-0.39, 0.29) is 6.04 Å². The number of hydrogen-bond donors (Lipinski definition) is 1. The molecule has 0 aliphatic carbocycles. The highest BCUT2D eigenvalue weighted by atomic mass is 16.3. The van der Waals surface area contributed by atoms with Crippen LogP contribution in [0.15, 0.2) is 34.9 Å². The van der Waals surface area contributed by atoms with Gasteiger partial charge in [-0.25, -0.2) is 4.98 Å². The fraction of sp³-hybridized carbons (Fsp3) is 0.471. The number of nitrogens with zero attached hydrogens (tertiary/aromatic N) is 2. The number of likely N-dealkylation sites (tertiary alicyclic amines) is 1. The third-order valence-corrected chi connectivity index (χ3v) is 4.00. The molecule has 0 saturated carbocycles. The van der Waals surface area contributed by atoms with Gasteiger partial charge in [0.05, 0.1) is 5.69 Å². The molecule has 0 bridgehead atoms. The molecule has 1 fully saturated rings. The fourth-order valence-electron chi connectivity index (χ4n) is 3.08. The lowest BCUT2D eigenvalue weighted by atomic mass is 9.96. The number of oxazole rings is 1. The number of benzene rings is 1. The molecule has 4 heteroatoms. The van der Waals surface area contributed by atoms with E-state index in [2.05, 4.69) is 35.9 Å². The van der Waals surface area contributed by atoms with Crippen LogP contribution in [0.3, 0.4) is 0 Å². The molecule has 1 aliphatic rings. The van der Waals surface area contributed by atoms with Crippen LogP contribution in [-0.4, -0.2) is 29.0 Å². The van der Waals surface area contributed by atoms with Crippen molar-refractivity contribution in [3.8, 4) is 11.5 Å². The molecule has 1 aromatic heterocycles. The highest BCUT2D eigenvalue weighted by Gasteiger charge is 2.22. The first kappa shape index (κ1) is 14.3. The van der Waals surface area contributed by atoms with E-state index in [9.17, 15) is 0 Å². The SMILES string of the molecule is Cc1ccc(-c2nc(CN3CC(C)CC(N)C3)co2)cc1. The second-order valence-electron chi connectivity index (χ2n) is 6.31. The van der Waals surface area contributed by atoms with Gasteiger partial charge in [0.1, 0.15) is 6.26 Å². The molecular formula is C17H23N3O. The van der Waals surface area contributed by atoms with E-state index in [1.54, 1.807) is 6.26 Å².